The van der Waals surface area contributed by atoms with E-state index in [1.54, 1.807) is 6.92 Å². The van der Waals surface area contributed by atoms with Crippen molar-refractivity contribution in [1.29, 1.82) is 0 Å². The lowest BCUT2D eigenvalue weighted by molar-refractivity contribution is -0.138. The SMILES string of the molecule is CC1(C(=O)N2CCc3ccccc3C2)Sc2ccccc2NC1=O. The third kappa shape index (κ3) is 2.40. The van der Waals surface area contributed by atoms with Crippen molar-refractivity contribution < 1.29 is 9.59 Å². The second-order valence-corrected chi connectivity index (χ2v) is 7.79. The van der Waals surface area contributed by atoms with Crippen molar-refractivity contribution in [2.24, 2.45) is 0 Å². The Morgan fingerprint density at radius 2 is 1.83 bits per heavy atom. The molecule has 2 aromatic carbocycles. The van der Waals surface area contributed by atoms with Crippen LogP contribution in [0.2, 0.25) is 0 Å². The Kier molecular flexibility index (Phi) is 3.61. The fraction of sp³-hybridized carbons (Fsp3) is 0.263. The van der Waals surface area contributed by atoms with Crippen LogP contribution in [-0.2, 0) is 22.6 Å². The quantitative estimate of drug-likeness (QED) is 0.813. The van der Waals surface area contributed by atoms with E-state index in [4.69, 9.17) is 0 Å². The van der Waals surface area contributed by atoms with Gasteiger partial charge in [-0.15, -0.1) is 0 Å². The lowest BCUT2D eigenvalue weighted by Gasteiger charge is -2.38. The Bertz CT molecular complexity index is 836. The van der Waals surface area contributed by atoms with Crippen LogP contribution in [0.25, 0.3) is 0 Å². The second-order valence-electron chi connectivity index (χ2n) is 6.33. The number of hydrogen-bond donors (Lipinski definition) is 1. The number of benzene rings is 2. The van der Waals surface area contributed by atoms with Crippen LogP contribution < -0.4 is 5.32 Å². The standard InChI is InChI=1S/C19H18N2O2S/c1-19(17(22)20-15-8-4-5-9-16(15)24-19)18(23)21-11-10-13-6-2-3-7-14(13)12-21/h2-9H,10-12H2,1H3,(H,20,22). The molecule has 1 atom stereocenters. The van der Waals surface area contributed by atoms with Crippen LogP contribution in [-0.4, -0.2) is 28.0 Å². The Labute approximate surface area is 145 Å². The number of anilines is 1. The highest BCUT2D eigenvalue weighted by Crippen LogP contribution is 2.43. The molecule has 2 aliphatic rings. The maximum atomic E-state index is 13.1. The third-order valence-corrected chi connectivity index (χ3v) is 6.05. The number of thioether (sulfide) groups is 1. The molecule has 4 nitrogen and oxygen atoms in total. The molecule has 2 amide bonds. The Balaban J connectivity index is 1.62. The van der Waals surface area contributed by atoms with Crippen LogP contribution >= 0.6 is 11.8 Å². The average Bonchev–Trinajstić information content (AvgIpc) is 2.61. The number of carbonyl (C=O) groups excluding carboxylic acids is 2. The molecule has 5 heteroatoms. The topological polar surface area (TPSA) is 49.4 Å². The monoisotopic (exact) mass is 338 g/mol. The summed E-state index contributed by atoms with van der Waals surface area (Å²) in [6, 6.07) is 15.8. The molecule has 0 saturated carbocycles. The second kappa shape index (κ2) is 5.67. The maximum Gasteiger partial charge on any atom is 0.250 e. The number of fused-ring (bicyclic) bond motifs is 2. The highest BCUT2D eigenvalue weighted by molar-refractivity contribution is 8.02. The summed E-state index contributed by atoms with van der Waals surface area (Å²) < 4.78 is -1.12. The van der Waals surface area contributed by atoms with E-state index in [0.717, 1.165) is 17.0 Å². The first kappa shape index (κ1) is 15.3. The molecule has 2 aliphatic heterocycles. The first-order valence-electron chi connectivity index (χ1n) is 8.03. The summed E-state index contributed by atoms with van der Waals surface area (Å²) in [6.07, 6.45) is 0.834. The molecule has 0 radical (unpaired) electrons. The van der Waals surface area contributed by atoms with E-state index in [1.165, 1.54) is 22.9 Å². The van der Waals surface area contributed by atoms with Crippen LogP contribution in [0.3, 0.4) is 0 Å². The summed E-state index contributed by atoms with van der Waals surface area (Å²) >= 11 is 1.35. The van der Waals surface area contributed by atoms with Crippen molar-refractivity contribution in [1.82, 2.24) is 4.90 Å². The molecule has 0 saturated heterocycles. The largest absolute Gasteiger partial charge is 0.336 e. The third-order valence-electron chi connectivity index (χ3n) is 4.71. The van der Waals surface area contributed by atoms with Crippen LogP contribution in [0.4, 0.5) is 5.69 Å². The molecule has 0 fully saturated rings. The zero-order valence-electron chi connectivity index (χ0n) is 13.4. The van der Waals surface area contributed by atoms with Crippen molar-refractivity contribution in [3.63, 3.8) is 0 Å². The van der Waals surface area contributed by atoms with Crippen LogP contribution in [0.5, 0.6) is 0 Å². The Hall–Kier alpha value is -2.27. The van der Waals surface area contributed by atoms with Gasteiger partial charge in [0.05, 0.1) is 5.69 Å². The van der Waals surface area contributed by atoms with Gasteiger partial charge in [0.15, 0.2) is 4.75 Å². The summed E-state index contributed by atoms with van der Waals surface area (Å²) in [6.45, 7) is 2.95. The minimum atomic E-state index is -1.12. The van der Waals surface area contributed by atoms with Crippen molar-refractivity contribution >= 4 is 29.3 Å². The zero-order chi connectivity index (χ0) is 16.7. The van der Waals surface area contributed by atoms with Crippen molar-refractivity contribution in [2.45, 2.75) is 29.5 Å². The normalized spacial score (nSPS) is 22.4. The molecule has 2 heterocycles. The highest BCUT2D eigenvalue weighted by Gasteiger charge is 2.48. The molecular weight excluding hydrogens is 320 g/mol. The van der Waals surface area contributed by atoms with E-state index in [0.29, 0.717) is 13.1 Å². The smallest absolute Gasteiger partial charge is 0.250 e. The van der Waals surface area contributed by atoms with Gasteiger partial charge in [-0.05, 0) is 36.6 Å². The van der Waals surface area contributed by atoms with E-state index in [-0.39, 0.29) is 11.8 Å². The van der Waals surface area contributed by atoms with Gasteiger partial charge < -0.3 is 10.2 Å². The summed E-state index contributed by atoms with van der Waals surface area (Å²) in [5.41, 5.74) is 3.24. The number of carbonyl (C=O) groups is 2. The summed E-state index contributed by atoms with van der Waals surface area (Å²) in [5.74, 6) is -0.357. The predicted molar refractivity (Wildman–Crippen MR) is 94.9 cm³/mol. The number of rotatable bonds is 1. The van der Waals surface area contributed by atoms with Crippen molar-refractivity contribution in [3.8, 4) is 0 Å². The van der Waals surface area contributed by atoms with Gasteiger partial charge in [-0.2, -0.15) is 0 Å². The van der Waals surface area contributed by atoms with E-state index in [9.17, 15) is 9.59 Å². The number of hydrogen-bond acceptors (Lipinski definition) is 3. The molecule has 0 bridgehead atoms. The minimum Gasteiger partial charge on any atom is -0.336 e. The van der Waals surface area contributed by atoms with E-state index in [1.807, 2.05) is 41.3 Å². The van der Waals surface area contributed by atoms with Gasteiger partial charge in [0.2, 0.25) is 11.8 Å². The Morgan fingerprint density at radius 1 is 1.12 bits per heavy atom. The van der Waals surface area contributed by atoms with E-state index in [2.05, 4.69) is 17.4 Å². The summed E-state index contributed by atoms with van der Waals surface area (Å²) in [7, 11) is 0. The first-order valence-corrected chi connectivity index (χ1v) is 8.85. The molecule has 0 spiro atoms. The number of amides is 2. The van der Waals surface area contributed by atoms with Gasteiger partial charge >= 0.3 is 0 Å². The molecule has 122 valence electrons. The van der Waals surface area contributed by atoms with Crippen LogP contribution in [0.15, 0.2) is 53.4 Å². The molecule has 1 N–H and O–H groups in total. The van der Waals surface area contributed by atoms with Crippen LogP contribution in [0, 0.1) is 0 Å². The highest BCUT2D eigenvalue weighted by atomic mass is 32.2. The van der Waals surface area contributed by atoms with Gasteiger partial charge in [0.25, 0.3) is 0 Å². The molecule has 1 unspecified atom stereocenters. The van der Waals surface area contributed by atoms with Gasteiger partial charge in [0, 0.05) is 18.0 Å². The number of nitrogens with one attached hydrogen (secondary N) is 1. The van der Waals surface area contributed by atoms with Gasteiger partial charge in [-0.25, -0.2) is 0 Å². The molecule has 4 rings (SSSR count). The lowest BCUT2D eigenvalue weighted by Crippen LogP contribution is -2.54. The zero-order valence-corrected chi connectivity index (χ0v) is 14.2. The lowest BCUT2D eigenvalue weighted by atomic mass is 9.98. The summed E-state index contributed by atoms with van der Waals surface area (Å²) in [4.78, 5) is 28.5. The fourth-order valence-electron chi connectivity index (χ4n) is 3.28. The number of nitrogens with zero attached hydrogens (tertiary/aromatic N) is 1. The van der Waals surface area contributed by atoms with E-state index >= 15 is 0 Å². The number of para-hydroxylation sites is 1. The summed E-state index contributed by atoms with van der Waals surface area (Å²) in [5, 5.41) is 2.88. The maximum absolute atomic E-state index is 13.1. The fourth-order valence-corrected chi connectivity index (χ4v) is 4.45. The van der Waals surface area contributed by atoms with E-state index < -0.39 is 4.75 Å². The molecular formula is C19H18N2O2S. The predicted octanol–water partition coefficient (Wildman–Crippen LogP) is 3.07. The van der Waals surface area contributed by atoms with Gasteiger partial charge in [-0.1, -0.05) is 48.2 Å². The average molecular weight is 338 g/mol. The minimum absolute atomic E-state index is 0.117. The van der Waals surface area contributed by atoms with Crippen molar-refractivity contribution in [2.75, 3.05) is 11.9 Å². The molecule has 2 aromatic rings. The van der Waals surface area contributed by atoms with Crippen molar-refractivity contribution in [3.05, 3.63) is 59.7 Å². The first-order chi connectivity index (χ1) is 11.6. The molecule has 0 aliphatic carbocycles. The Morgan fingerprint density at radius 3 is 2.67 bits per heavy atom. The molecule has 24 heavy (non-hydrogen) atoms. The van der Waals surface area contributed by atoms with Crippen LogP contribution in [0.1, 0.15) is 18.1 Å². The molecule has 0 aromatic heterocycles. The van der Waals surface area contributed by atoms with Gasteiger partial charge in [-0.3, -0.25) is 9.59 Å². The van der Waals surface area contributed by atoms with Gasteiger partial charge in [0.1, 0.15) is 0 Å².